The maximum absolute atomic E-state index is 9.72. The van der Waals surface area contributed by atoms with E-state index in [2.05, 4.69) is 0 Å². The third-order valence-corrected chi connectivity index (χ3v) is 9.36. The molecule has 11 aromatic rings. The van der Waals surface area contributed by atoms with Crippen molar-refractivity contribution in [1.29, 1.82) is 0 Å². The van der Waals surface area contributed by atoms with Crippen molar-refractivity contribution < 1.29 is 22.2 Å². The second-order valence-electron chi connectivity index (χ2n) is 12.4. The number of furan rings is 1. The minimum Gasteiger partial charge on any atom is -0.456 e. The van der Waals surface area contributed by atoms with Gasteiger partial charge in [0.25, 0.3) is 0 Å². The first-order valence-corrected chi connectivity index (χ1v) is 16.5. The van der Waals surface area contributed by atoms with E-state index in [9.17, 15) is 4.11 Å². The van der Waals surface area contributed by atoms with Crippen molar-refractivity contribution in [1.82, 2.24) is 14.5 Å². The molecule has 4 heteroatoms. The number of rotatable bonds is 4. The Morgan fingerprint density at radius 3 is 2.27 bits per heavy atom. The van der Waals surface area contributed by atoms with Gasteiger partial charge in [-0.3, -0.25) is 0 Å². The molecule has 0 aliphatic rings. The van der Waals surface area contributed by atoms with Crippen LogP contribution < -0.4 is 0 Å². The number of benzene rings is 8. The highest BCUT2D eigenvalue weighted by atomic mass is 16.3. The van der Waals surface area contributed by atoms with E-state index in [1.165, 1.54) is 10.6 Å². The van der Waals surface area contributed by atoms with Crippen LogP contribution in [0.3, 0.4) is 0 Å². The molecule has 0 atom stereocenters. The maximum atomic E-state index is 9.72. The summed E-state index contributed by atoms with van der Waals surface area (Å²) < 4.78 is 124. The molecule has 3 heterocycles. The van der Waals surface area contributed by atoms with Gasteiger partial charge in [-0.05, 0) is 76.4 Å². The normalized spacial score (nSPS) is 15.3. The van der Waals surface area contributed by atoms with Gasteiger partial charge in [0.15, 0.2) is 5.82 Å². The number of fused-ring (bicyclic) bond motifs is 8. The number of hydrogen-bond acceptors (Lipinski definition) is 3. The second-order valence-corrected chi connectivity index (χ2v) is 12.4. The fourth-order valence-corrected chi connectivity index (χ4v) is 7.04. The van der Waals surface area contributed by atoms with Crippen LogP contribution >= 0.6 is 0 Å². The quantitative estimate of drug-likeness (QED) is 0.186. The van der Waals surface area contributed by atoms with Gasteiger partial charge in [-0.1, -0.05) is 121 Å². The van der Waals surface area contributed by atoms with E-state index >= 15 is 0 Å². The van der Waals surface area contributed by atoms with Crippen LogP contribution in [0, 0.1) is 0 Å². The van der Waals surface area contributed by atoms with Crippen molar-refractivity contribution in [2.75, 3.05) is 0 Å². The van der Waals surface area contributed by atoms with Gasteiger partial charge < -0.3 is 8.98 Å². The summed E-state index contributed by atoms with van der Waals surface area (Å²) in [6.07, 6.45) is 0. The summed E-state index contributed by atoms with van der Waals surface area (Å²) in [7, 11) is 0. The van der Waals surface area contributed by atoms with Gasteiger partial charge in [-0.15, -0.1) is 0 Å². The van der Waals surface area contributed by atoms with Crippen molar-refractivity contribution in [3.8, 4) is 39.5 Å². The Labute approximate surface area is 317 Å². The summed E-state index contributed by atoms with van der Waals surface area (Å²) in [6, 6.07) is 22.6. The zero-order valence-electron chi connectivity index (χ0n) is 40.0. The predicted molar refractivity (Wildman–Crippen MR) is 215 cm³/mol. The van der Waals surface area contributed by atoms with E-state index < -0.39 is 60.4 Å². The summed E-state index contributed by atoms with van der Waals surface area (Å²) in [6.45, 7) is 0. The second kappa shape index (κ2) is 11.2. The molecule has 0 saturated heterocycles. The molecule has 4 nitrogen and oxygen atoms in total. The average molecular weight is 677 g/mol. The molecule has 242 valence electrons. The monoisotopic (exact) mass is 676 g/mol. The molecule has 11 rings (SSSR count). The molecule has 52 heavy (non-hydrogen) atoms. The lowest BCUT2D eigenvalue weighted by Crippen LogP contribution is -1.95. The van der Waals surface area contributed by atoms with Gasteiger partial charge in [0, 0.05) is 43.7 Å². The molecule has 0 unspecified atom stereocenters. The van der Waals surface area contributed by atoms with Crippen LogP contribution in [0.1, 0.15) is 17.8 Å². The van der Waals surface area contributed by atoms with Crippen molar-refractivity contribution in [3.05, 3.63) is 176 Å². The van der Waals surface area contributed by atoms with Crippen LogP contribution in [0.2, 0.25) is 0 Å². The third-order valence-electron chi connectivity index (χ3n) is 9.36. The molecule has 0 aliphatic carbocycles. The first kappa shape index (κ1) is 18.8. The summed E-state index contributed by atoms with van der Waals surface area (Å²) in [5.41, 5.74) is 3.74. The number of aromatic nitrogens is 3. The van der Waals surface area contributed by atoms with Gasteiger partial charge in [-0.25, -0.2) is 9.97 Å². The molecular weight excluding hydrogens is 635 g/mol. The number of para-hydroxylation sites is 2. The van der Waals surface area contributed by atoms with Crippen LogP contribution in [0.25, 0.3) is 105 Å². The van der Waals surface area contributed by atoms with E-state index in [1.807, 2.05) is 72.8 Å². The number of hydrogen-bond donors (Lipinski definition) is 0. The lowest BCUT2D eigenvalue weighted by molar-refractivity contribution is 0.669. The third kappa shape index (κ3) is 4.41. The van der Waals surface area contributed by atoms with Crippen molar-refractivity contribution >= 4 is 65.4 Å². The Morgan fingerprint density at radius 1 is 0.519 bits per heavy atom. The molecule has 3 aromatic heterocycles. The van der Waals surface area contributed by atoms with E-state index in [0.717, 1.165) is 27.5 Å². The Morgan fingerprint density at radius 2 is 1.35 bits per heavy atom. The summed E-state index contributed by atoms with van der Waals surface area (Å²) in [5, 5.41) is 1.30. The lowest BCUT2D eigenvalue weighted by Gasteiger charge is -2.11. The average Bonchev–Trinajstić information content (AvgIpc) is 3.88. The molecule has 0 amide bonds. The molecular formula is C48H29N3O. The predicted octanol–water partition coefficient (Wildman–Crippen LogP) is 12.8. The molecule has 8 aromatic carbocycles. The largest absolute Gasteiger partial charge is 0.456 e. The van der Waals surface area contributed by atoms with E-state index in [-0.39, 0.29) is 62.0 Å². The minimum absolute atomic E-state index is 0.0309. The van der Waals surface area contributed by atoms with Crippen LogP contribution in [0.5, 0.6) is 0 Å². The Balaban J connectivity index is 1.17. The molecule has 0 spiro atoms. The molecule has 0 bridgehead atoms. The highest BCUT2D eigenvalue weighted by Crippen LogP contribution is 2.40. The Bertz CT molecular complexity index is 3940. The van der Waals surface area contributed by atoms with Gasteiger partial charge in [-0.2, -0.15) is 0 Å². The highest BCUT2D eigenvalue weighted by Gasteiger charge is 2.18. The molecule has 0 saturated carbocycles. The standard InChI is InChI=1S/C48H29N3O/c1-2-12-30(13-3-1)47-37-19-6-8-21-41(37)49-48(50-47)39-20-11-23-44-46(39)38-25-24-34(29-45(38)52-44)31-16-10-17-35(26-31)51-42-22-9-7-18-36(42)40-27-32-14-4-5-15-33(32)28-43(40)51/h1-29H/i4D,5D,7D,9D,10D,14D,15D,16D,18D,22D,26D,27D,28D. The molecule has 0 radical (unpaired) electrons. The summed E-state index contributed by atoms with van der Waals surface area (Å²) >= 11 is 0. The highest BCUT2D eigenvalue weighted by molar-refractivity contribution is 6.14. The van der Waals surface area contributed by atoms with Gasteiger partial charge in [0.2, 0.25) is 0 Å². The zero-order chi connectivity index (χ0) is 45.5. The molecule has 0 fully saturated rings. The summed E-state index contributed by atoms with van der Waals surface area (Å²) in [4.78, 5) is 10.1. The fraction of sp³-hybridized carbons (Fsp3) is 0. The van der Waals surface area contributed by atoms with Crippen molar-refractivity contribution in [2.24, 2.45) is 0 Å². The van der Waals surface area contributed by atoms with E-state index in [0.29, 0.717) is 33.5 Å². The van der Waals surface area contributed by atoms with Crippen LogP contribution in [0.15, 0.2) is 180 Å². The van der Waals surface area contributed by atoms with Crippen LogP contribution in [-0.4, -0.2) is 14.5 Å². The van der Waals surface area contributed by atoms with Crippen molar-refractivity contribution in [3.63, 3.8) is 0 Å². The van der Waals surface area contributed by atoms with Crippen LogP contribution in [0.4, 0.5) is 0 Å². The van der Waals surface area contributed by atoms with Gasteiger partial charge in [0.05, 0.1) is 40.1 Å². The van der Waals surface area contributed by atoms with E-state index in [1.54, 1.807) is 18.2 Å². The first-order chi connectivity index (χ1) is 31.2. The topological polar surface area (TPSA) is 43.9 Å². The molecule has 0 N–H and O–H groups in total. The SMILES string of the molecule is [2H]c1cc(-n2c3c([2H])c([2H])c([2H])c([2H])c3c3c([2H])c4c([2H])c([2H])c([2H])c([2H])c4c([2H])c32)c([2H])c(-c2ccc3c(c2)oc2cccc(-c4nc(-c5ccccc5)c5ccccc5n4)c23)c1[2H]. The Kier molecular flexibility index (Phi) is 4.07. The number of nitrogens with zero attached hydrogens (tertiary/aromatic N) is 3. The summed E-state index contributed by atoms with van der Waals surface area (Å²) in [5.74, 6) is 0.477. The smallest absolute Gasteiger partial charge is 0.161 e. The fourth-order valence-electron chi connectivity index (χ4n) is 7.04. The Hall–Kier alpha value is -7.04. The lowest BCUT2D eigenvalue weighted by atomic mass is 10.0. The van der Waals surface area contributed by atoms with Gasteiger partial charge in [0.1, 0.15) is 11.2 Å². The van der Waals surface area contributed by atoms with E-state index in [4.69, 9.17) is 28.1 Å². The zero-order valence-corrected chi connectivity index (χ0v) is 27.0. The van der Waals surface area contributed by atoms with Gasteiger partial charge >= 0.3 is 0 Å². The van der Waals surface area contributed by atoms with Crippen LogP contribution in [-0.2, 0) is 0 Å². The van der Waals surface area contributed by atoms with Crippen molar-refractivity contribution in [2.45, 2.75) is 0 Å². The minimum atomic E-state index is -0.646. The first-order valence-electron chi connectivity index (χ1n) is 23.0. The maximum Gasteiger partial charge on any atom is 0.161 e. The molecule has 0 aliphatic heterocycles.